The van der Waals surface area contributed by atoms with Crippen LogP contribution in [-0.2, 0) is 20.8 Å². The zero-order valence-electron chi connectivity index (χ0n) is 11.6. The zero-order chi connectivity index (χ0) is 15.4. The number of nitrogens with zero attached hydrogens (tertiary/aromatic N) is 3. The molecule has 9 heteroatoms. The lowest BCUT2D eigenvalue weighted by atomic mass is 10.2. The van der Waals surface area contributed by atoms with E-state index in [1.54, 1.807) is 6.20 Å². The van der Waals surface area contributed by atoms with E-state index in [2.05, 4.69) is 25.8 Å². The Kier molecular flexibility index (Phi) is 5.32. The fraction of sp³-hybridized carbons (Fsp3) is 0.583. The lowest BCUT2D eigenvalue weighted by molar-refractivity contribution is -0.141. The number of methoxy groups -OCH3 is 1. The molecular formula is C12H17BrN4O4. The highest BCUT2D eigenvalue weighted by Crippen LogP contribution is 2.23. The van der Waals surface area contributed by atoms with Gasteiger partial charge in [0.1, 0.15) is 11.0 Å². The molecule has 1 aromatic rings. The highest BCUT2D eigenvalue weighted by atomic mass is 79.9. The van der Waals surface area contributed by atoms with E-state index < -0.39 is 5.97 Å². The third kappa shape index (κ3) is 3.60. The molecule has 21 heavy (non-hydrogen) atoms. The van der Waals surface area contributed by atoms with Gasteiger partial charge in [-0.1, -0.05) is 0 Å². The molecule has 0 aliphatic carbocycles. The van der Waals surface area contributed by atoms with Gasteiger partial charge in [0, 0.05) is 19.6 Å². The van der Waals surface area contributed by atoms with E-state index in [0.29, 0.717) is 36.4 Å². The van der Waals surface area contributed by atoms with Gasteiger partial charge in [-0.3, -0.25) is 9.59 Å². The Morgan fingerprint density at radius 2 is 2.43 bits per heavy atom. The second-order valence-corrected chi connectivity index (χ2v) is 5.35. The summed E-state index contributed by atoms with van der Waals surface area (Å²) >= 11 is 3.28. The van der Waals surface area contributed by atoms with Crippen molar-refractivity contribution < 1.29 is 14.3 Å². The van der Waals surface area contributed by atoms with Gasteiger partial charge < -0.3 is 20.1 Å². The van der Waals surface area contributed by atoms with E-state index in [1.165, 1.54) is 7.11 Å². The van der Waals surface area contributed by atoms with Crippen LogP contribution in [0.2, 0.25) is 0 Å². The van der Waals surface area contributed by atoms with Crippen LogP contribution in [0.5, 0.6) is 0 Å². The molecule has 1 fully saturated rings. The van der Waals surface area contributed by atoms with Gasteiger partial charge in [0.25, 0.3) is 5.56 Å². The van der Waals surface area contributed by atoms with Crippen LogP contribution in [0.15, 0.2) is 15.5 Å². The molecule has 0 radical (unpaired) electrons. The van der Waals surface area contributed by atoms with Gasteiger partial charge in [0.2, 0.25) is 0 Å². The van der Waals surface area contributed by atoms with Gasteiger partial charge in [-0.15, -0.1) is 0 Å². The second-order valence-electron chi connectivity index (χ2n) is 4.56. The zero-order valence-corrected chi connectivity index (χ0v) is 13.2. The number of hydrogen-bond donors (Lipinski definition) is 1. The summed E-state index contributed by atoms with van der Waals surface area (Å²) < 4.78 is 11.4. The average Bonchev–Trinajstić information content (AvgIpc) is 2.52. The van der Waals surface area contributed by atoms with Crippen molar-refractivity contribution in [1.82, 2.24) is 9.78 Å². The summed E-state index contributed by atoms with van der Waals surface area (Å²) in [6.07, 6.45) is 1.48. The van der Waals surface area contributed by atoms with Crippen LogP contribution >= 0.6 is 15.9 Å². The highest BCUT2D eigenvalue weighted by molar-refractivity contribution is 9.10. The van der Waals surface area contributed by atoms with Crippen molar-refractivity contribution in [2.45, 2.75) is 12.6 Å². The lowest BCUT2D eigenvalue weighted by Gasteiger charge is -2.34. The van der Waals surface area contributed by atoms with E-state index >= 15 is 0 Å². The molecule has 0 spiro atoms. The van der Waals surface area contributed by atoms with Gasteiger partial charge in [-0.05, 0) is 15.9 Å². The number of carbonyl (C=O) groups excluding carboxylic acids is 1. The maximum Gasteiger partial charge on any atom is 0.327 e. The predicted molar refractivity (Wildman–Crippen MR) is 79.2 cm³/mol. The average molecular weight is 361 g/mol. The normalized spacial score (nSPS) is 18.6. The van der Waals surface area contributed by atoms with Crippen LogP contribution < -0.4 is 16.2 Å². The number of nitrogens with two attached hydrogens (primary N) is 1. The fourth-order valence-electron chi connectivity index (χ4n) is 2.06. The molecule has 1 aliphatic rings. The summed E-state index contributed by atoms with van der Waals surface area (Å²) in [6.45, 7) is 1.98. The molecule has 1 saturated heterocycles. The van der Waals surface area contributed by atoms with Crippen LogP contribution in [0.25, 0.3) is 0 Å². The molecule has 2 rings (SSSR count). The molecule has 1 unspecified atom stereocenters. The first kappa shape index (κ1) is 15.9. The molecule has 1 atom stereocenters. The fourth-order valence-corrected chi connectivity index (χ4v) is 2.61. The molecule has 0 amide bonds. The molecule has 2 N–H and O–H groups in total. The summed E-state index contributed by atoms with van der Waals surface area (Å²) in [5.74, 6) is -0.529. The molecule has 1 aromatic heterocycles. The third-order valence-corrected chi connectivity index (χ3v) is 3.96. The number of aromatic nitrogens is 2. The van der Waals surface area contributed by atoms with E-state index in [1.807, 2.05) is 4.90 Å². The Balaban J connectivity index is 2.24. The Morgan fingerprint density at radius 3 is 3.10 bits per heavy atom. The van der Waals surface area contributed by atoms with Crippen LogP contribution in [0, 0.1) is 0 Å². The summed E-state index contributed by atoms with van der Waals surface area (Å²) in [5, 5.41) is 4.01. The minimum absolute atomic E-state index is 0.0665. The molecule has 0 saturated carbocycles. The van der Waals surface area contributed by atoms with Gasteiger partial charge >= 0.3 is 5.97 Å². The Hall–Kier alpha value is -1.45. The largest absolute Gasteiger partial charge is 0.468 e. The molecule has 1 aliphatic heterocycles. The van der Waals surface area contributed by atoms with Crippen molar-refractivity contribution in [3.05, 3.63) is 21.0 Å². The Morgan fingerprint density at radius 1 is 1.67 bits per heavy atom. The third-order valence-electron chi connectivity index (χ3n) is 3.22. The van der Waals surface area contributed by atoms with E-state index in [4.69, 9.17) is 10.5 Å². The number of esters is 1. The summed E-state index contributed by atoms with van der Waals surface area (Å²) in [5.41, 5.74) is 5.90. The number of rotatable bonds is 4. The maximum atomic E-state index is 12.2. The Labute approximate surface area is 129 Å². The molecule has 0 bridgehead atoms. The number of carbonyl (C=O) groups is 1. The van der Waals surface area contributed by atoms with Gasteiger partial charge in [0.05, 0.1) is 31.7 Å². The summed E-state index contributed by atoms with van der Waals surface area (Å²) in [7, 11) is 1.26. The Bertz CT molecular complexity index is 577. The van der Waals surface area contributed by atoms with Gasteiger partial charge in [-0.25, -0.2) is 4.68 Å². The first-order valence-electron chi connectivity index (χ1n) is 6.46. The molecule has 2 heterocycles. The second kappa shape index (κ2) is 7.01. The topological polar surface area (TPSA) is 99.7 Å². The van der Waals surface area contributed by atoms with Gasteiger partial charge in [-0.2, -0.15) is 5.10 Å². The standard InChI is InChI=1S/C12H17BrN4O4/c1-20-10(18)7-17-12(19)11(13)9(5-15-17)16-2-3-21-8(4-14)6-16/h5,8H,2-4,6-7,14H2,1H3. The van der Waals surface area contributed by atoms with Crippen molar-refractivity contribution in [3.63, 3.8) is 0 Å². The predicted octanol–water partition coefficient (Wildman–Crippen LogP) is -0.657. The van der Waals surface area contributed by atoms with Crippen LogP contribution in [-0.4, -0.2) is 55.2 Å². The smallest absolute Gasteiger partial charge is 0.327 e. The van der Waals surface area contributed by atoms with Crippen molar-refractivity contribution in [1.29, 1.82) is 0 Å². The maximum absolute atomic E-state index is 12.2. The number of ether oxygens (including phenoxy) is 2. The minimum Gasteiger partial charge on any atom is -0.468 e. The van der Waals surface area contributed by atoms with Crippen molar-refractivity contribution in [2.75, 3.05) is 38.3 Å². The summed E-state index contributed by atoms with van der Waals surface area (Å²) in [6, 6.07) is 0. The number of anilines is 1. The molecule has 0 aromatic carbocycles. The van der Waals surface area contributed by atoms with Crippen molar-refractivity contribution in [2.24, 2.45) is 5.73 Å². The quantitative estimate of drug-likeness (QED) is 0.711. The summed E-state index contributed by atoms with van der Waals surface area (Å²) in [4.78, 5) is 25.4. The molecular weight excluding hydrogens is 344 g/mol. The highest BCUT2D eigenvalue weighted by Gasteiger charge is 2.23. The monoisotopic (exact) mass is 360 g/mol. The first-order chi connectivity index (χ1) is 10.1. The van der Waals surface area contributed by atoms with E-state index in [9.17, 15) is 9.59 Å². The number of hydrogen-bond acceptors (Lipinski definition) is 7. The SMILES string of the molecule is COC(=O)Cn1ncc(N2CCOC(CN)C2)c(Br)c1=O. The van der Waals surface area contributed by atoms with Crippen molar-refractivity contribution >= 4 is 27.6 Å². The minimum atomic E-state index is -0.529. The molecule has 116 valence electrons. The number of halogens is 1. The molecule has 8 nitrogen and oxygen atoms in total. The van der Waals surface area contributed by atoms with E-state index in [-0.39, 0.29) is 18.2 Å². The number of morpholine rings is 1. The lowest BCUT2D eigenvalue weighted by Crippen LogP contribution is -2.46. The van der Waals surface area contributed by atoms with Crippen LogP contribution in [0.1, 0.15) is 0 Å². The van der Waals surface area contributed by atoms with E-state index in [0.717, 1.165) is 4.68 Å². The van der Waals surface area contributed by atoms with Crippen LogP contribution in [0.4, 0.5) is 5.69 Å². The van der Waals surface area contributed by atoms with Gasteiger partial charge in [0.15, 0.2) is 0 Å². The van der Waals surface area contributed by atoms with Crippen molar-refractivity contribution in [3.8, 4) is 0 Å². The van der Waals surface area contributed by atoms with Crippen LogP contribution in [0.3, 0.4) is 0 Å². The first-order valence-corrected chi connectivity index (χ1v) is 7.25.